The minimum Gasteiger partial charge on any atom is -0.363 e. The number of anilines is 1. The minimum absolute atomic E-state index is 0.101. The predicted molar refractivity (Wildman–Crippen MR) is 84.7 cm³/mol. The third-order valence-electron chi connectivity index (χ3n) is 4.60. The highest BCUT2D eigenvalue weighted by atomic mass is 79.9. The van der Waals surface area contributed by atoms with Gasteiger partial charge < -0.3 is 10.2 Å². The summed E-state index contributed by atoms with van der Waals surface area (Å²) in [5.41, 5.74) is 0.787. The first-order valence-electron chi connectivity index (χ1n) is 7.65. The van der Waals surface area contributed by atoms with Gasteiger partial charge in [-0.3, -0.25) is 0 Å². The third-order valence-corrected chi connectivity index (χ3v) is 5.10. The maximum absolute atomic E-state index is 14.2. The van der Waals surface area contributed by atoms with E-state index >= 15 is 0 Å². The zero-order chi connectivity index (χ0) is 14.1. The molecule has 2 aliphatic heterocycles. The quantitative estimate of drug-likeness (QED) is 0.888. The monoisotopic (exact) mass is 340 g/mol. The average Bonchev–Trinajstić information content (AvgIpc) is 2.68. The van der Waals surface area contributed by atoms with Gasteiger partial charge in [-0.25, -0.2) is 4.39 Å². The normalized spacial score (nSPS) is 28.9. The summed E-state index contributed by atoms with van der Waals surface area (Å²) >= 11 is 3.34. The Morgan fingerprint density at radius 3 is 2.60 bits per heavy atom. The van der Waals surface area contributed by atoms with Gasteiger partial charge in [-0.1, -0.05) is 22.9 Å². The first kappa shape index (κ1) is 14.3. The molecule has 2 aliphatic rings. The van der Waals surface area contributed by atoms with Crippen molar-refractivity contribution in [1.29, 1.82) is 0 Å². The van der Waals surface area contributed by atoms with Crippen LogP contribution in [-0.4, -0.2) is 24.7 Å². The highest BCUT2D eigenvalue weighted by Gasteiger charge is 2.41. The molecule has 4 heteroatoms. The van der Waals surface area contributed by atoms with Crippen LogP contribution >= 0.6 is 15.9 Å². The summed E-state index contributed by atoms with van der Waals surface area (Å²) < 4.78 is 15.0. The smallest absolute Gasteiger partial charge is 0.147 e. The summed E-state index contributed by atoms with van der Waals surface area (Å²) in [6.07, 6.45) is 5.86. The molecule has 0 radical (unpaired) electrons. The molecule has 2 heterocycles. The maximum atomic E-state index is 14.2. The van der Waals surface area contributed by atoms with Gasteiger partial charge in [0, 0.05) is 22.6 Å². The summed E-state index contributed by atoms with van der Waals surface area (Å²) in [5, 5.41) is 3.64. The van der Waals surface area contributed by atoms with Crippen LogP contribution in [0, 0.1) is 5.82 Å². The van der Waals surface area contributed by atoms with Crippen molar-refractivity contribution < 1.29 is 4.39 Å². The molecule has 3 rings (SSSR count). The van der Waals surface area contributed by atoms with Crippen molar-refractivity contribution in [2.24, 2.45) is 0 Å². The largest absolute Gasteiger partial charge is 0.363 e. The minimum atomic E-state index is -0.101. The standard InChI is InChI=1S/C16H22BrFN2/c1-2-7-19-12-9-13-4-5-14(10-12)20(13)16-6-3-11(17)8-15(16)18/h3,6,8,12-14,19H,2,4-5,7,9-10H2,1H3. The van der Waals surface area contributed by atoms with E-state index in [9.17, 15) is 4.39 Å². The van der Waals surface area contributed by atoms with Gasteiger partial charge in [0.1, 0.15) is 5.82 Å². The Balaban J connectivity index is 1.76. The topological polar surface area (TPSA) is 15.3 Å². The van der Waals surface area contributed by atoms with Gasteiger partial charge in [0.2, 0.25) is 0 Å². The Hall–Kier alpha value is -0.610. The fourth-order valence-electron chi connectivity index (χ4n) is 3.78. The van der Waals surface area contributed by atoms with Crippen molar-refractivity contribution in [3.05, 3.63) is 28.5 Å². The van der Waals surface area contributed by atoms with Crippen LogP contribution in [0.3, 0.4) is 0 Å². The molecule has 2 bridgehead atoms. The molecule has 0 aliphatic carbocycles. The summed E-state index contributed by atoms with van der Waals surface area (Å²) in [6.45, 7) is 3.30. The molecule has 0 spiro atoms. The lowest BCUT2D eigenvalue weighted by atomic mass is 9.96. The first-order chi connectivity index (χ1) is 9.69. The van der Waals surface area contributed by atoms with E-state index in [0.717, 1.165) is 29.5 Å². The molecule has 2 nitrogen and oxygen atoms in total. The number of hydrogen-bond acceptors (Lipinski definition) is 2. The van der Waals surface area contributed by atoms with E-state index in [-0.39, 0.29) is 5.82 Å². The molecule has 20 heavy (non-hydrogen) atoms. The molecule has 0 aromatic heterocycles. The summed E-state index contributed by atoms with van der Waals surface area (Å²) in [5.74, 6) is -0.101. The van der Waals surface area contributed by atoms with Crippen molar-refractivity contribution >= 4 is 21.6 Å². The van der Waals surface area contributed by atoms with Gasteiger partial charge in [-0.15, -0.1) is 0 Å². The number of fused-ring (bicyclic) bond motifs is 2. The molecule has 2 saturated heterocycles. The van der Waals surface area contributed by atoms with E-state index in [1.165, 1.54) is 19.3 Å². The van der Waals surface area contributed by atoms with E-state index in [4.69, 9.17) is 0 Å². The molecule has 2 unspecified atom stereocenters. The zero-order valence-corrected chi connectivity index (χ0v) is 13.5. The van der Waals surface area contributed by atoms with Crippen LogP contribution in [0.1, 0.15) is 39.0 Å². The van der Waals surface area contributed by atoms with Crippen LogP contribution in [0.5, 0.6) is 0 Å². The summed E-state index contributed by atoms with van der Waals surface area (Å²) in [4.78, 5) is 2.34. The molecule has 1 aromatic carbocycles. The van der Waals surface area contributed by atoms with Gasteiger partial charge in [0.05, 0.1) is 5.69 Å². The van der Waals surface area contributed by atoms with E-state index in [2.05, 4.69) is 33.1 Å². The molecule has 110 valence electrons. The van der Waals surface area contributed by atoms with Gasteiger partial charge in [0.15, 0.2) is 0 Å². The zero-order valence-electron chi connectivity index (χ0n) is 11.9. The number of rotatable bonds is 4. The molecule has 0 amide bonds. The number of nitrogens with one attached hydrogen (secondary N) is 1. The Labute approximate surface area is 128 Å². The average molecular weight is 341 g/mol. The van der Waals surface area contributed by atoms with Gasteiger partial charge >= 0.3 is 0 Å². The van der Waals surface area contributed by atoms with Crippen LogP contribution in [0.2, 0.25) is 0 Å². The van der Waals surface area contributed by atoms with Crippen LogP contribution in [0.25, 0.3) is 0 Å². The lowest BCUT2D eigenvalue weighted by molar-refractivity contribution is 0.354. The van der Waals surface area contributed by atoms with Gasteiger partial charge in [0.25, 0.3) is 0 Å². The lowest BCUT2D eigenvalue weighted by Crippen LogP contribution is -2.49. The molecule has 1 N–H and O–H groups in total. The van der Waals surface area contributed by atoms with E-state index in [1.807, 2.05) is 12.1 Å². The number of benzene rings is 1. The highest BCUT2D eigenvalue weighted by molar-refractivity contribution is 9.10. The van der Waals surface area contributed by atoms with Crippen LogP contribution in [-0.2, 0) is 0 Å². The Bertz CT molecular complexity index is 466. The second kappa shape index (κ2) is 6.02. The summed E-state index contributed by atoms with van der Waals surface area (Å²) in [6, 6.07) is 7.06. The molecule has 2 atom stereocenters. The highest BCUT2D eigenvalue weighted by Crippen LogP contribution is 2.40. The van der Waals surface area contributed by atoms with Crippen molar-refractivity contribution in [2.75, 3.05) is 11.4 Å². The number of piperidine rings is 1. The van der Waals surface area contributed by atoms with Crippen LogP contribution in [0.15, 0.2) is 22.7 Å². The Morgan fingerprint density at radius 2 is 2.00 bits per heavy atom. The maximum Gasteiger partial charge on any atom is 0.147 e. The lowest BCUT2D eigenvalue weighted by Gasteiger charge is -2.41. The summed E-state index contributed by atoms with van der Waals surface area (Å²) in [7, 11) is 0. The van der Waals surface area contributed by atoms with Crippen LogP contribution < -0.4 is 10.2 Å². The van der Waals surface area contributed by atoms with Crippen molar-refractivity contribution in [3.63, 3.8) is 0 Å². The molecule has 1 aromatic rings. The second-order valence-electron chi connectivity index (χ2n) is 6.01. The van der Waals surface area contributed by atoms with Crippen molar-refractivity contribution in [3.8, 4) is 0 Å². The van der Waals surface area contributed by atoms with Crippen molar-refractivity contribution in [2.45, 2.75) is 57.2 Å². The van der Waals surface area contributed by atoms with E-state index in [0.29, 0.717) is 18.1 Å². The fourth-order valence-corrected chi connectivity index (χ4v) is 4.11. The van der Waals surface area contributed by atoms with E-state index in [1.54, 1.807) is 6.07 Å². The Morgan fingerprint density at radius 1 is 1.30 bits per heavy atom. The second-order valence-corrected chi connectivity index (χ2v) is 6.93. The molecular formula is C16H22BrFN2. The number of nitrogens with zero attached hydrogens (tertiary/aromatic N) is 1. The van der Waals surface area contributed by atoms with Gasteiger partial charge in [-0.2, -0.15) is 0 Å². The molecular weight excluding hydrogens is 319 g/mol. The first-order valence-corrected chi connectivity index (χ1v) is 8.45. The number of hydrogen-bond donors (Lipinski definition) is 1. The fraction of sp³-hybridized carbons (Fsp3) is 0.625. The SMILES string of the molecule is CCCNC1CC2CCC(C1)N2c1ccc(Br)cc1F. The number of halogens is 2. The van der Waals surface area contributed by atoms with Gasteiger partial charge in [-0.05, 0) is 56.8 Å². The Kier molecular flexibility index (Phi) is 4.32. The van der Waals surface area contributed by atoms with E-state index < -0.39 is 0 Å². The molecule has 0 saturated carbocycles. The molecule has 2 fully saturated rings. The predicted octanol–water partition coefficient (Wildman–Crippen LogP) is 4.09. The third kappa shape index (κ3) is 2.73. The van der Waals surface area contributed by atoms with Crippen LogP contribution in [0.4, 0.5) is 10.1 Å². The van der Waals surface area contributed by atoms with Crippen molar-refractivity contribution in [1.82, 2.24) is 5.32 Å².